The van der Waals surface area contributed by atoms with Crippen LogP contribution >= 0.6 is 23.2 Å². The highest BCUT2D eigenvalue weighted by atomic mass is 35.5. The van der Waals surface area contributed by atoms with Crippen molar-refractivity contribution in [3.8, 4) is 0 Å². The second kappa shape index (κ2) is 7.68. The molecule has 0 aliphatic carbocycles. The summed E-state index contributed by atoms with van der Waals surface area (Å²) in [5.41, 5.74) is 1.28. The van der Waals surface area contributed by atoms with Gasteiger partial charge in [0, 0.05) is 12.1 Å². The van der Waals surface area contributed by atoms with Crippen molar-refractivity contribution in [2.75, 3.05) is 0 Å². The Hall–Kier alpha value is -0.240. The molecule has 0 amide bonds. The van der Waals surface area contributed by atoms with Crippen LogP contribution in [0.2, 0.25) is 10.0 Å². The molecule has 0 bridgehead atoms. The van der Waals surface area contributed by atoms with Crippen LogP contribution in [-0.4, -0.2) is 12.1 Å². The van der Waals surface area contributed by atoms with Crippen LogP contribution in [0.25, 0.3) is 0 Å². The van der Waals surface area contributed by atoms with Gasteiger partial charge in [0.25, 0.3) is 0 Å². The quantitative estimate of drug-likeness (QED) is 0.758. The Kier molecular flexibility index (Phi) is 6.20. The van der Waals surface area contributed by atoms with E-state index < -0.39 is 0 Å². The molecule has 1 N–H and O–H groups in total. The number of hydrogen-bond donors (Lipinski definition) is 1. The maximum absolute atomic E-state index is 6.09. The summed E-state index contributed by atoms with van der Waals surface area (Å²) in [4.78, 5) is 0. The minimum Gasteiger partial charge on any atom is -0.311 e. The van der Waals surface area contributed by atoms with E-state index in [0.717, 1.165) is 12.3 Å². The molecule has 2 unspecified atom stereocenters. The van der Waals surface area contributed by atoms with Crippen LogP contribution in [0.15, 0.2) is 18.2 Å². The number of rotatable bonds is 5. The van der Waals surface area contributed by atoms with E-state index in [0.29, 0.717) is 22.1 Å². The molecule has 0 saturated carbocycles. The molecule has 1 aromatic rings. The van der Waals surface area contributed by atoms with Crippen molar-refractivity contribution in [3.63, 3.8) is 0 Å². The molecule has 1 fully saturated rings. The van der Waals surface area contributed by atoms with Gasteiger partial charge in [-0.2, -0.15) is 0 Å². The van der Waals surface area contributed by atoms with E-state index in [-0.39, 0.29) is 0 Å². The fourth-order valence-electron chi connectivity index (χ4n) is 2.98. The fourth-order valence-corrected chi connectivity index (χ4v) is 3.31. The summed E-state index contributed by atoms with van der Waals surface area (Å²) in [5, 5.41) is 5.12. The molecular formula is C17H25Cl2N. The van der Waals surface area contributed by atoms with E-state index in [1.807, 2.05) is 12.1 Å². The van der Waals surface area contributed by atoms with Gasteiger partial charge in [-0.15, -0.1) is 0 Å². The van der Waals surface area contributed by atoms with Gasteiger partial charge >= 0.3 is 0 Å². The molecule has 1 aromatic carbocycles. The largest absolute Gasteiger partial charge is 0.311 e. The van der Waals surface area contributed by atoms with Gasteiger partial charge in [0.2, 0.25) is 0 Å². The lowest BCUT2D eigenvalue weighted by atomic mass is 9.90. The van der Waals surface area contributed by atoms with Gasteiger partial charge in [-0.3, -0.25) is 0 Å². The zero-order valence-corrected chi connectivity index (χ0v) is 14.0. The van der Waals surface area contributed by atoms with Crippen LogP contribution < -0.4 is 5.32 Å². The van der Waals surface area contributed by atoms with Gasteiger partial charge in [-0.1, -0.05) is 49.5 Å². The van der Waals surface area contributed by atoms with E-state index in [1.54, 1.807) is 0 Å². The van der Waals surface area contributed by atoms with E-state index in [4.69, 9.17) is 23.2 Å². The van der Waals surface area contributed by atoms with Crippen molar-refractivity contribution in [2.24, 2.45) is 5.92 Å². The maximum atomic E-state index is 6.09. The van der Waals surface area contributed by atoms with Gasteiger partial charge < -0.3 is 5.32 Å². The lowest BCUT2D eigenvalue weighted by Crippen LogP contribution is -2.43. The zero-order valence-electron chi connectivity index (χ0n) is 12.5. The highest BCUT2D eigenvalue weighted by Crippen LogP contribution is 2.25. The summed E-state index contributed by atoms with van der Waals surface area (Å²) >= 11 is 12.1. The lowest BCUT2D eigenvalue weighted by Gasteiger charge is -2.31. The Balaban J connectivity index is 1.87. The van der Waals surface area contributed by atoms with Crippen LogP contribution in [0.5, 0.6) is 0 Å². The first-order chi connectivity index (χ1) is 9.54. The topological polar surface area (TPSA) is 12.0 Å². The number of hydrogen-bond acceptors (Lipinski definition) is 1. The Morgan fingerprint density at radius 1 is 1.15 bits per heavy atom. The van der Waals surface area contributed by atoms with Crippen molar-refractivity contribution in [2.45, 2.75) is 64.5 Å². The maximum Gasteiger partial charge on any atom is 0.0595 e. The highest BCUT2D eigenvalue weighted by molar-refractivity contribution is 6.42. The van der Waals surface area contributed by atoms with Crippen molar-refractivity contribution >= 4 is 23.2 Å². The SMILES string of the molecule is CC(C)CCC1CCCC(Cc2ccc(Cl)c(Cl)c2)N1. The molecule has 1 nitrogen and oxygen atoms in total. The van der Waals surface area contributed by atoms with Gasteiger partial charge in [0.05, 0.1) is 10.0 Å². The Morgan fingerprint density at radius 3 is 2.60 bits per heavy atom. The van der Waals surface area contributed by atoms with E-state index in [9.17, 15) is 0 Å². The van der Waals surface area contributed by atoms with Crippen LogP contribution in [0.4, 0.5) is 0 Å². The first-order valence-electron chi connectivity index (χ1n) is 7.74. The molecule has 0 spiro atoms. The molecule has 20 heavy (non-hydrogen) atoms. The Morgan fingerprint density at radius 2 is 1.90 bits per heavy atom. The first kappa shape index (κ1) is 16.1. The minimum absolute atomic E-state index is 0.582. The van der Waals surface area contributed by atoms with Crippen LogP contribution in [0, 0.1) is 5.92 Å². The molecule has 1 aliphatic rings. The molecule has 1 heterocycles. The third-order valence-electron chi connectivity index (χ3n) is 4.14. The summed E-state index contributed by atoms with van der Waals surface area (Å²) in [6.45, 7) is 4.60. The fraction of sp³-hybridized carbons (Fsp3) is 0.647. The molecule has 1 saturated heterocycles. The smallest absolute Gasteiger partial charge is 0.0595 e. The lowest BCUT2D eigenvalue weighted by molar-refractivity contribution is 0.294. The third-order valence-corrected chi connectivity index (χ3v) is 4.87. The van der Waals surface area contributed by atoms with Crippen molar-refractivity contribution in [1.82, 2.24) is 5.32 Å². The average molecular weight is 314 g/mol. The highest BCUT2D eigenvalue weighted by Gasteiger charge is 2.21. The van der Waals surface area contributed by atoms with Crippen LogP contribution in [-0.2, 0) is 6.42 Å². The summed E-state index contributed by atoms with van der Waals surface area (Å²) in [7, 11) is 0. The molecular weight excluding hydrogens is 289 g/mol. The van der Waals surface area contributed by atoms with Gasteiger partial charge in [0.15, 0.2) is 0 Å². The molecule has 112 valence electrons. The van der Waals surface area contributed by atoms with Crippen LogP contribution in [0.3, 0.4) is 0 Å². The van der Waals surface area contributed by atoms with Crippen molar-refractivity contribution in [3.05, 3.63) is 33.8 Å². The van der Waals surface area contributed by atoms with E-state index >= 15 is 0 Å². The summed E-state index contributed by atoms with van der Waals surface area (Å²) in [5.74, 6) is 0.798. The minimum atomic E-state index is 0.582. The first-order valence-corrected chi connectivity index (χ1v) is 8.50. The number of benzene rings is 1. The number of halogens is 2. The van der Waals surface area contributed by atoms with Crippen molar-refractivity contribution in [1.29, 1.82) is 0 Å². The summed E-state index contributed by atoms with van der Waals surface area (Å²) < 4.78 is 0. The molecule has 2 rings (SSSR count). The number of piperidine rings is 1. The molecule has 1 aliphatic heterocycles. The molecule has 3 heteroatoms. The predicted octanol–water partition coefficient (Wildman–Crippen LogP) is 5.48. The second-order valence-corrected chi connectivity index (χ2v) is 7.23. The standard InChI is InChI=1S/C17H25Cl2N/c1-12(2)6-8-14-4-3-5-15(20-14)10-13-7-9-16(18)17(19)11-13/h7,9,11-12,14-15,20H,3-6,8,10H2,1-2H3. The van der Waals surface area contributed by atoms with E-state index in [1.165, 1.54) is 37.7 Å². The molecule has 0 radical (unpaired) electrons. The summed E-state index contributed by atoms with van der Waals surface area (Å²) in [6, 6.07) is 7.27. The average Bonchev–Trinajstić information content (AvgIpc) is 2.41. The third kappa shape index (κ3) is 4.95. The normalized spacial score (nSPS) is 23.2. The Bertz CT molecular complexity index is 431. The predicted molar refractivity (Wildman–Crippen MR) is 88.8 cm³/mol. The molecule has 2 atom stereocenters. The van der Waals surface area contributed by atoms with Gasteiger partial charge in [-0.05, 0) is 55.7 Å². The summed E-state index contributed by atoms with van der Waals surface area (Å²) in [6.07, 6.45) is 7.59. The van der Waals surface area contributed by atoms with E-state index in [2.05, 4.69) is 25.2 Å². The van der Waals surface area contributed by atoms with Gasteiger partial charge in [0.1, 0.15) is 0 Å². The van der Waals surface area contributed by atoms with Gasteiger partial charge in [-0.25, -0.2) is 0 Å². The monoisotopic (exact) mass is 313 g/mol. The molecule has 0 aromatic heterocycles. The zero-order chi connectivity index (χ0) is 14.5. The Labute approximate surface area is 133 Å². The van der Waals surface area contributed by atoms with Crippen LogP contribution in [0.1, 0.15) is 51.5 Å². The second-order valence-electron chi connectivity index (χ2n) is 6.42. The number of nitrogens with one attached hydrogen (secondary N) is 1. The van der Waals surface area contributed by atoms with Crippen molar-refractivity contribution < 1.29 is 0 Å².